The molecule has 0 aliphatic rings. The van der Waals surface area contributed by atoms with Gasteiger partial charge in [-0.25, -0.2) is 15.0 Å². The van der Waals surface area contributed by atoms with Crippen molar-refractivity contribution in [2.24, 2.45) is 10.8 Å². The minimum Gasteiger partial charge on any atom is -0.494 e. The lowest BCUT2D eigenvalue weighted by Gasteiger charge is -2.06. The zero-order valence-corrected chi connectivity index (χ0v) is 13.1. The second kappa shape index (κ2) is 8.33. The molecule has 2 rings (SSSR count). The second-order valence-electron chi connectivity index (χ2n) is 4.65. The van der Waals surface area contributed by atoms with E-state index < -0.39 is 12.0 Å². The number of nitrogens with one attached hydrogen (secondary N) is 1. The molecule has 0 aliphatic heterocycles. The van der Waals surface area contributed by atoms with Crippen LogP contribution < -0.4 is 20.6 Å². The van der Waals surface area contributed by atoms with Crippen LogP contribution in [0.1, 0.15) is 22.8 Å². The van der Waals surface area contributed by atoms with Gasteiger partial charge in [0.2, 0.25) is 0 Å². The summed E-state index contributed by atoms with van der Waals surface area (Å²) >= 11 is 0. The monoisotopic (exact) mass is 327 g/mol. The normalized spacial score (nSPS) is 10.4. The Bertz CT molecular complexity index is 725. The molecule has 0 fully saturated rings. The summed E-state index contributed by atoms with van der Waals surface area (Å²) in [5.41, 5.74) is 8.11. The number of amides is 2. The van der Waals surface area contributed by atoms with Gasteiger partial charge in [-0.3, -0.25) is 0 Å². The lowest BCUT2D eigenvalue weighted by Crippen LogP contribution is -2.24. The maximum atomic E-state index is 12.1. The minimum atomic E-state index is -0.743. The Morgan fingerprint density at radius 1 is 1.08 bits per heavy atom. The van der Waals surface area contributed by atoms with Crippen LogP contribution in [0.3, 0.4) is 0 Å². The molecule has 0 saturated carbocycles. The van der Waals surface area contributed by atoms with Gasteiger partial charge in [0.1, 0.15) is 11.5 Å². The highest BCUT2D eigenvalue weighted by atomic mass is 16.5. The molecule has 7 heteroatoms. The molecule has 0 saturated heterocycles. The van der Waals surface area contributed by atoms with Crippen LogP contribution in [0.25, 0.3) is 0 Å². The van der Waals surface area contributed by atoms with E-state index in [1.54, 1.807) is 48.5 Å². The Balaban J connectivity index is 1.96. The number of nitrogens with two attached hydrogens (primary N) is 1. The van der Waals surface area contributed by atoms with E-state index in [0.29, 0.717) is 29.2 Å². The fraction of sp³-hybridized carbons (Fsp3) is 0.118. The third-order valence-electron chi connectivity index (χ3n) is 2.88. The van der Waals surface area contributed by atoms with E-state index in [2.05, 4.69) is 10.5 Å². The number of ether oxygens (including phenoxy) is 2. The number of esters is 1. The fourth-order valence-corrected chi connectivity index (χ4v) is 1.81. The zero-order chi connectivity index (χ0) is 17.4. The summed E-state index contributed by atoms with van der Waals surface area (Å²) in [7, 11) is 0. The Morgan fingerprint density at radius 2 is 1.71 bits per heavy atom. The average Bonchev–Trinajstić information content (AvgIpc) is 2.57. The number of rotatable bonds is 6. The van der Waals surface area contributed by atoms with E-state index in [1.165, 1.54) is 6.21 Å². The molecule has 3 N–H and O–H groups in total. The highest BCUT2D eigenvalue weighted by molar-refractivity contribution is 5.91. The molecule has 2 aromatic rings. The number of benzene rings is 2. The van der Waals surface area contributed by atoms with Crippen molar-refractivity contribution in [2.75, 3.05) is 6.61 Å². The molecule has 0 bridgehead atoms. The van der Waals surface area contributed by atoms with Gasteiger partial charge in [0.25, 0.3) is 0 Å². The molecule has 0 unspecified atom stereocenters. The molecule has 2 aromatic carbocycles. The smallest absolute Gasteiger partial charge is 0.343 e. The summed E-state index contributed by atoms with van der Waals surface area (Å²) in [5.74, 6) is 0.631. The molecule has 124 valence electrons. The van der Waals surface area contributed by atoms with Crippen molar-refractivity contribution in [2.45, 2.75) is 6.92 Å². The number of nitrogens with zero attached hydrogens (tertiary/aromatic N) is 1. The number of primary amides is 1. The summed E-state index contributed by atoms with van der Waals surface area (Å²) in [6, 6.07) is 12.6. The predicted octanol–water partition coefficient (Wildman–Crippen LogP) is 2.31. The third-order valence-corrected chi connectivity index (χ3v) is 2.88. The molecule has 0 radical (unpaired) electrons. The number of hydrogen-bond donors (Lipinski definition) is 2. The molecular formula is C17H17N3O4. The van der Waals surface area contributed by atoms with Crippen LogP contribution in [0.2, 0.25) is 0 Å². The van der Waals surface area contributed by atoms with Crippen LogP contribution in [0.4, 0.5) is 4.79 Å². The molecule has 2 amide bonds. The SMILES string of the molecule is CCOc1ccc(C(=O)Oc2ccc(C=NNC(N)=O)cc2)cc1. The number of urea groups is 1. The van der Waals surface area contributed by atoms with Crippen LogP contribution in [0, 0.1) is 0 Å². The maximum absolute atomic E-state index is 12.1. The first kappa shape index (κ1) is 17.0. The minimum absolute atomic E-state index is 0.397. The zero-order valence-electron chi connectivity index (χ0n) is 13.1. The van der Waals surface area contributed by atoms with E-state index in [9.17, 15) is 9.59 Å². The van der Waals surface area contributed by atoms with Gasteiger partial charge in [-0.1, -0.05) is 0 Å². The van der Waals surface area contributed by atoms with Gasteiger partial charge in [0, 0.05) is 0 Å². The van der Waals surface area contributed by atoms with Crippen molar-refractivity contribution >= 4 is 18.2 Å². The van der Waals surface area contributed by atoms with Gasteiger partial charge in [-0.15, -0.1) is 0 Å². The lowest BCUT2D eigenvalue weighted by atomic mass is 10.2. The fourth-order valence-electron chi connectivity index (χ4n) is 1.81. The third kappa shape index (κ3) is 5.13. The van der Waals surface area contributed by atoms with Crippen LogP contribution in [-0.4, -0.2) is 24.8 Å². The van der Waals surface area contributed by atoms with Crippen LogP contribution in [-0.2, 0) is 0 Å². The van der Waals surface area contributed by atoms with E-state index >= 15 is 0 Å². The van der Waals surface area contributed by atoms with Crippen molar-refractivity contribution in [1.29, 1.82) is 0 Å². The molecule has 0 aliphatic carbocycles. The summed E-state index contributed by atoms with van der Waals surface area (Å²) in [6.45, 7) is 2.45. The topological polar surface area (TPSA) is 103 Å². The van der Waals surface area contributed by atoms with E-state index in [0.717, 1.165) is 0 Å². The van der Waals surface area contributed by atoms with Crippen molar-refractivity contribution < 1.29 is 19.1 Å². The van der Waals surface area contributed by atoms with Crippen LogP contribution >= 0.6 is 0 Å². The van der Waals surface area contributed by atoms with E-state index in [-0.39, 0.29) is 0 Å². The largest absolute Gasteiger partial charge is 0.494 e. The molecule has 0 aromatic heterocycles. The Kier molecular flexibility index (Phi) is 5.90. The molecule has 7 nitrogen and oxygen atoms in total. The first-order valence-electron chi connectivity index (χ1n) is 7.22. The van der Waals surface area contributed by atoms with Gasteiger partial charge < -0.3 is 15.2 Å². The highest BCUT2D eigenvalue weighted by Crippen LogP contribution is 2.16. The van der Waals surface area contributed by atoms with Gasteiger partial charge in [0.05, 0.1) is 18.4 Å². The van der Waals surface area contributed by atoms with Crippen molar-refractivity contribution in [3.05, 3.63) is 59.7 Å². The first-order chi connectivity index (χ1) is 11.6. The summed E-state index contributed by atoms with van der Waals surface area (Å²) < 4.78 is 10.6. The number of carbonyl (C=O) groups is 2. The number of carbonyl (C=O) groups excluding carboxylic acids is 2. The second-order valence-corrected chi connectivity index (χ2v) is 4.65. The maximum Gasteiger partial charge on any atom is 0.343 e. The summed E-state index contributed by atoms with van der Waals surface area (Å²) in [6.07, 6.45) is 1.42. The van der Waals surface area contributed by atoms with E-state index in [1.807, 2.05) is 6.92 Å². The lowest BCUT2D eigenvalue weighted by molar-refractivity contribution is 0.0734. The van der Waals surface area contributed by atoms with E-state index in [4.69, 9.17) is 15.2 Å². The van der Waals surface area contributed by atoms with Crippen LogP contribution in [0.5, 0.6) is 11.5 Å². The van der Waals surface area contributed by atoms with Crippen molar-refractivity contribution in [1.82, 2.24) is 5.43 Å². The van der Waals surface area contributed by atoms with Crippen LogP contribution in [0.15, 0.2) is 53.6 Å². The summed E-state index contributed by atoms with van der Waals surface area (Å²) in [4.78, 5) is 22.6. The molecule has 0 heterocycles. The van der Waals surface area contributed by atoms with Gasteiger partial charge in [-0.05, 0) is 61.0 Å². The van der Waals surface area contributed by atoms with Crippen molar-refractivity contribution in [3.8, 4) is 11.5 Å². The number of hydrazone groups is 1. The summed E-state index contributed by atoms with van der Waals surface area (Å²) in [5, 5.41) is 3.63. The molecule has 0 atom stereocenters. The molecule has 0 spiro atoms. The van der Waals surface area contributed by atoms with Gasteiger partial charge in [-0.2, -0.15) is 5.10 Å². The molecular weight excluding hydrogens is 310 g/mol. The quantitative estimate of drug-likeness (QED) is 0.368. The first-order valence-corrected chi connectivity index (χ1v) is 7.22. The van der Waals surface area contributed by atoms with Gasteiger partial charge in [0.15, 0.2) is 0 Å². The number of hydrogen-bond acceptors (Lipinski definition) is 5. The highest BCUT2D eigenvalue weighted by Gasteiger charge is 2.08. The predicted molar refractivity (Wildman–Crippen MR) is 89.3 cm³/mol. The van der Waals surface area contributed by atoms with Gasteiger partial charge >= 0.3 is 12.0 Å². The Morgan fingerprint density at radius 3 is 2.29 bits per heavy atom. The average molecular weight is 327 g/mol. The Labute approximate surface area is 139 Å². The molecule has 24 heavy (non-hydrogen) atoms. The Hall–Kier alpha value is -3.35. The van der Waals surface area contributed by atoms with Crippen molar-refractivity contribution in [3.63, 3.8) is 0 Å². The standard InChI is InChI=1S/C17H17N3O4/c1-2-23-14-9-5-13(6-10-14)16(21)24-15-7-3-12(4-8-15)11-19-20-17(18)22/h3-11H,2H2,1H3,(H3,18,20,22).